The fourth-order valence-corrected chi connectivity index (χ4v) is 3.30. The van der Waals surface area contributed by atoms with E-state index >= 15 is 0 Å². The van der Waals surface area contributed by atoms with Gasteiger partial charge in [0.05, 0.1) is 12.0 Å². The number of nitrogens with one attached hydrogen (secondary N) is 1. The van der Waals surface area contributed by atoms with Gasteiger partial charge in [-0.05, 0) is 6.92 Å². The van der Waals surface area contributed by atoms with Gasteiger partial charge >= 0.3 is 0 Å². The molecule has 4 atom stereocenters. The van der Waals surface area contributed by atoms with E-state index in [1.54, 1.807) is 23.8 Å². The van der Waals surface area contributed by atoms with Crippen molar-refractivity contribution >= 4 is 28.8 Å². The fraction of sp³-hybridized carbons (Fsp3) is 0.471. The van der Waals surface area contributed by atoms with Gasteiger partial charge in [-0.1, -0.05) is 12.7 Å². The molecule has 140 valence electrons. The molecular formula is C17H22N4O5. The van der Waals surface area contributed by atoms with Crippen LogP contribution in [0.25, 0.3) is 17.1 Å². The molecule has 0 aromatic carbocycles. The summed E-state index contributed by atoms with van der Waals surface area (Å²) < 4.78 is 13.1. The van der Waals surface area contributed by atoms with E-state index in [4.69, 9.17) is 9.47 Å². The summed E-state index contributed by atoms with van der Waals surface area (Å²) in [4.78, 5) is 19.9. The summed E-state index contributed by atoms with van der Waals surface area (Å²) in [5, 5.41) is 23.3. The third kappa shape index (κ3) is 2.69. The van der Waals surface area contributed by atoms with E-state index in [1.165, 1.54) is 20.4 Å². The average Bonchev–Trinajstić information content (AvgIpc) is 3.11. The molecule has 26 heavy (non-hydrogen) atoms. The lowest BCUT2D eigenvalue weighted by atomic mass is 9.96. The minimum Gasteiger partial charge on any atom is -0.394 e. The second-order valence-corrected chi connectivity index (χ2v) is 6.34. The molecule has 3 rings (SSSR count). The van der Waals surface area contributed by atoms with Crippen LogP contribution in [-0.2, 0) is 14.3 Å². The van der Waals surface area contributed by atoms with Crippen LogP contribution in [0.5, 0.6) is 0 Å². The first-order valence-electron chi connectivity index (χ1n) is 8.12. The Morgan fingerprint density at radius 3 is 2.88 bits per heavy atom. The third-order valence-corrected chi connectivity index (χ3v) is 4.76. The van der Waals surface area contributed by atoms with E-state index in [-0.39, 0.29) is 12.5 Å². The van der Waals surface area contributed by atoms with Gasteiger partial charge in [0.25, 0.3) is 0 Å². The molecule has 2 aromatic rings. The minimum atomic E-state index is -1.11. The van der Waals surface area contributed by atoms with Gasteiger partial charge in [0.15, 0.2) is 6.23 Å². The van der Waals surface area contributed by atoms with Gasteiger partial charge in [-0.15, -0.1) is 0 Å². The van der Waals surface area contributed by atoms with Crippen LogP contribution in [0.1, 0.15) is 25.6 Å². The van der Waals surface area contributed by atoms with Crippen LogP contribution < -0.4 is 5.32 Å². The Balaban J connectivity index is 2.20. The molecule has 1 aliphatic rings. The van der Waals surface area contributed by atoms with Gasteiger partial charge in [0.2, 0.25) is 5.91 Å². The highest BCUT2D eigenvalue weighted by molar-refractivity contribution is 6.01. The fourth-order valence-electron chi connectivity index (χ4n) is 3.30. The summed E-state index contributed by atoms with van der Waals surface area (Å²) in [7, 11) is 1.47. The quantitative estimate of drug-likeness (QED) is 0.716. The average molecular weight is 362 g/mol. The number of carbonyl (C=O) groups is 1. The van der Waals surface area contributed by atoms with Crippen molar-refractivity contribution in [2.45, 2.75) is 37.9 Å². The van der Waals surface area contributed by atoms with Gasteiger partial charge in [0, 0.05) is 25.8 Å². The Kier molecular flexibility index (Phi) is 4.80. The van der Waals surface area contributed by atoms with E-state index in [0.29, 0.717) is 22.4 Å². The SMILES string of the molecule is C=Cc1cn([C@@H]2OC(CO)C(O)[C@@]2(C)OC)c2ncnc(NC(C)=O)c12. The first-order chi connectivity index (χ1) is 12.4. The number of methoxy groups -OCH3 is 1. The van der Waals surface area contributed by atoms with Crippen molar-refractivity contribution in [3.63, 3.8) is 0 Å². The smallest absolute Gasteiger partial charge is 0.222 e. The standard InChI is InChI=1S/C17H22N4O5/c1-5-10-6-21(15-12(10)14(18-8-19-15)20-9(2)23)16-17(3,25-4)13(24)11(7-22)26-16/h5-6,8,11,13,16,22,24H,1,7H2,2-4H3,(H,18,19,20,23)/t11?,13?,16-,17-/m1/s1. The van der Waals surface area contributed by atoms with Crippen molar-refractivity contribution in [2.24, 2.45) is 0 Å². The molecular weight excluding hydrogens is 340 g/mol. The first kappa shape index (κ1) is 18.5. The van der Waals surface area contributed by atoms with Crippen molar-refractivity contribution in [1.29, 1.82) is 0 Å². The van der Waals surface area contributed by atoms with Crippen LogP contribution in [0.15, 0.2) is 19.1 Å². The zero-order chi connectivity index (χ0) is 19.1. The monoisotopic (exact) mass is 362 g/mol. The number of amides is 1. The molecule has 0 bridgehead atoms. The number of aromatic nitrogens is 3. The maximum Gasteiger partial charge on any atom is 0.222 e. The van der Waals surface area contributed by atoms with Crippen molar-refractivity contribution in [2.75, 3.05) is 19.0 Å². The van der Waals surface area contributed by atoms with Crippen molar-refractivity contribution in [3.8, 4) is 0 Å². The van der Waals surface area contributed by atoms with E-state index < -0.39 is 24.0 Å². The van der Waals surface area contributed by atoms with Gasteiger partial charge in [-0.3, -0.25) is 4.79 Å². The molecule has 3 N–H and O–H groups in total. The Morgan fingerprint density at radius 1 is 1.58 bits per heavy atom. The van der Waals surface area contributed by atoms with E-state index in [9.17, 15) is 15.0 Å². The molecule has 0 saturated carbocycles. The molecule has 0 spiro atoms. The van der Waals surface area contributed by atoms with Crippen LogP contribution in [0.3, 0.4) is 0 Å². The molecule has 2 aromatic heterocycles. The number of hydrogen-bond acceptors (Lipinski definition) is 7. The maximum absolute atomic E-state index is 11.5. The molecule has 1 amide bonds. The van der Waals surface area contributed by atoms with Gasteiger partial charge < -0.3 is 29.6 Å². The van der Waals surface area contributed by atoms with Crippen LogP contribution in [0, 0.1) is 0 Å². The lowest BCUT2D eigenvalue weighted by Crippen LogP contribution is -2.46. The van der Waals surface area contributed by atoms with Crippen molar-refractivity contribution in [1.82, 2.24) is 14.5 Å². The van der Waals surface area contributed by atoms with Gasteiger partial charge in [-0.25, -0.2) is 9.97 Å². The predicted molar refractivity (Wildman–Crippen MR) is 94.3 cm³/mol. The molecule has 2 unspecified atom stereocenters. The van der Waals surface area contributed by atoms with Crippen LogP contribution >= 0.6 is 0 Å². The Labute approximate surface area is 150 Å². The minimum absolute atomic E-state index is 0.262. The Hall–Kier alpha value is -2.33. The zero-order valence-electron chi connectivity index (χ0n) is 14.8. The largest absolute Gasteiger partial charge is 0.394 e. The number of anilines is 1. The summed E-state index contributed by atoms with van der Waals surface area (Å²) in [6.45, 7) is 6.54. The number of fused-ring (bicyclic) bond motifs is 1. The normalized spacial score (nSPS) is 28.4. The number of ether oxygens (including phenoxy) is 2. The molecule has 9 heteroatoms. The molecule has 1 saturated heterocycles. The number of nitrogens with zero attached hydrogens (tertiary/aromatic N) is 3. The second kappa shape index (κ2) is 6.76. The van der Waals surface area contributed by atoms with Crippen LogP contribution in [-0.4, -0.2) is 62.2 Å². The van der Waals surface area contributed by atoms with Crippen LogP contribution in [0.4, 0.5) is 5.82 Å². The zero-order valence-corrected chi connectivity index (χ0v) is 14.8. The summed E-state index contributed by atoms with van der Waals surface area (Å²) >= 11 is 0. The van der Waals surface area contributed by atoms with E-state index in [1.807, 2.05) is 0 Å². The molecule has 0 radical (unpaired) electrons. The highest BCUT2D eigenvalue weighted by atomic mass is 16.6. The van der Waals surface area contributed by atoms with Crippen molar-refractivity contribution in [3.05, 3.63) is 24.7 Å². The molecule has 3 heterocycles. The van der Waals surface area contributed by atoms with E-state index in [2.05, 4.69) is 21.9 Å². The summed E-state index contributed by atoms with van der Waals surface area (Å²) in [6, 6.07) is 0. The lowest BCUT2D eigenvalue weighted by molar-refractivity contribution is -0.118. The highest BCUT2D eigenvalue weighted by Gasteiger charge is 2.54. The molecule has 0 aliphatic carbocycles. The van der Waals surface area contributed by atoms with Crippen LogP contribution in [0.2, 0.25) is 0 Å². The summed E-state index contributed by atoms with van der Waals surface area (Å²) in [6.07, 6.45) is 2.10. The number of aliphatic hydroxyl groups excluding tert-OH is 2. The molecule has 1 fully saturated rings. The topological polar surface area (TPSA) is 119 Å². The summed E-state index contributed by atoms with van der Waals surface area (Å²) in [5.74, 6) is 0.0925. The number of carbonyl (C=O) groups excluding carboxylic acids is 1. The summed E-state index contributed by atoms with van der Waals surface area (Å²) in [5.41, 5.74) is 0.0581. The number of hydrogen-bond donors (Lipinski definition) is 3. The second-order valence-electron chi connectivity index (χ2n) is 6.34. The van der Waals surface area contributed by atoms with Gasteiger partial charge in [-0.2, -0.15) is 0 Å². The highest BCUT2D eigenvalue weighted by Crippen LogP contribution is 2.43. The van der Waals surface area contributed by atoms with E-state index in [0.717, 1.165) is 0 Å². The first-order valence-corrected chi connectivity index (χ1v) is 8.12. The molecule has 9 nitrogen and oxygen atoms in total. The predicted octanol–water partition coefficient (Wildman–Crippen LogP) is 0.688. The molecule has 1 aliphatic heterocycles. The lowest BCUT2D eigenvalue weighted by Gasteiger charge is -2.31. The van der Waals surface area contributed by atoms with Crippen molar-refractivity contribution < 1.29 is 24.5 Å². The number of rotatable bonds is 5. The van der Waals surface area contributed by atoms with Gasteiger partial charge in [0.1, 0.15) is 35.6 Å². The Morgan fingerprint density at radius 2 is 2.31 bits per heavy atom. The third-order valence-electron chi connectivity index (χ3n) is 4.76. The Bertz CT molecular complexity index is 851. The number of aliphatic hydroxyl groups is 2. The maximum atomic E-state index is 11.5.